The summed E-state index contributed by atoms with van der Waals surface area (Å²) in [6.45, 7) is 5.54. The molecule has 1 aliphatic heterocycles. The number of aromatic nitrogens is 4. The van der Waals surface area contributed by atoms with Gasteiger partial charge in [-0.1, -0.05) is 24.3 Å². The number of piperazine rings is 1. The van der Waals surface area contributed by atoms with Gasteiger partial charge < -0.3 is 14.2 Å². The van der Waals surface area contributed by atoms with Crippen LogP contribution in [-0.2, 0) is 6.54 Å². The molecule has 0 bridgehead atoms. The van der Waals surface area contributed by atoms with E-state index >= 15 is 0 Å². The molecule has 0 N–H and O–H groups in total. The summed E-state index contributed by atoms with van der Waals surface area (Å²) in [5.41, 5.74) is 5.37. The highest BCUT2D eigenvalue weighted by Gasteiger charge is 2.28. The summed E-state index contributed by atoms with van der Waals surface area (Å²) in [7, 11) is 3.97. The quantitative estimate of drug-likeness (QED) is 0.398. The molecule has 0 spiro atoms. The smallest absolute Gasteiger partial charge is 0.124 e. The Morgan fingerprint density at radius 2 is 1.69 bits per heavy atom. The summed E-state index contributed by atoms with van der Waals surface area (Å²) >= 11 is 0. The number of fused-ring (bicyclic) bond motifs is 1. The lowest BCUT2D eigenvalue weighted by atomic mass is 9.90. The van der Waals surface area contributed by atoms with Crippen LogP contribution in [0.25, 0.3) is 22.3 Å². The van der Waals surface area contributed by atoms with Gasteiger partial charge >= 0.3 is 0 Å². The summed E-state index contributed by atoms with van der Waals surface area (Å²) in [4.78, 5) is 9.67. The van der Waals surface area contributed by atoms with E-state index in [1.54, 1.807) is 7.11 Å². The first-order valence-corrected chi connectivity index (χ1v) is 13.2. The van der Waals surface area contributed by atoms with Crippen LogP contribution in [0.4, 0.5) is 0 Å². The maximum atomic E-state index is 5.79. The largest absolute Gasteiger partial charge is 0.496 e. The van der Waals surface area contributed by atoms with Gasteiger partial charge in [-0.15, -0.1) is 0 Å². The second-order valence-corrected chi connectivity index (χ2v) is 10.4. The van der Waals surface area contributed by atoms with E-state index in [0.29, 0.717) is 6.04 Å². The standard InChI is InChI=1S/C29H36N6O/c1-32-15-17-33(18-16-32)24-9-11-25(12-10-24)35-14-13-26(31-35)22-7-8-23(29(19-22)36-2)20-34-21-30-27-5-3-4-6-28(27)34/h3-8,13-14,19,21,24-25H,9-12,15-18,20H2,1-2H3/t24-,25-. The van der Waals surface area contributed by atoms with Crippen molar-refractivity contribution in [3.05, 3.63) is 66.6 Å². The monoisotopic (exact) mass is 484 g/mol. The SMILES string of the molecule is COc1cc(-c2ccn([C@H]3CC[C@H](N4CCN(C)CC4)CC3)n2)ccc1Cn1cnc2ccccc21. The Balaban J connectivity index is 1.13. The average molecular weight is 485 g/mol. The molecule has 36 heavy (non-hydrogen) atoms. The lowest BCUT2D eigenvalue weighted by molar-refractivity contribution is 0.0811. The summed E-state index contributed by atoms with van der Waals surface area (Å²) in [6, 6.07) is 18.0. The Hall–Kier alpha value is -3.16. The van der Waals surface area contributed by atoms with E-state index < -0.39 is 0 Å². The van der Waals surface area contributed by atoms with Crippen molar-refractivity contribution in [1.82, 2.24) is 29.1 Å². The van der Waals surface area contributed by atoms with E-state index in [2.05, 4.69) is 73.7 Å². The first-order valence-electron chi connectivity index (χ1n) is 13.2. The van der Waals surface area contributed by atoms with Gasteiger partial charge in [0.15, 0.2) is 0 Å². The second-order valence-electron chi connectivity index (χ2n) is 10.4. The minimum absolute atomic E-state index is 0.498. The molecule has 2 fully saturated rings. The molecular formula is C29H36N6O. The van der Waals surface area contributed by atoms with E-state index in [-0.39, 0.29) is 0 Å². The van der Waals surface area contributed by atoms with Crippen molar-refractivity contribution < 1.29 is 4.74 Å². The lowest BCUT2D eigenvalue weighted by Crippen LogP contribution is -2.49. The number of benzene rings is 2. The van der Waals surface area contributed by atoms with E-state index in [0.717, 1.165) is 46.2 Å². The van der Waals surface area contributed by atoms with Gasteiger partial charge in [0.2, 0.25) is 0 Å². The highest BCUT2D eigenvalue weighted by atomic mass is 16.5. The molecule has 188 valence electrons. The van der Waals surface area contributed by atoms with Crippen LogP contribution in [0.2, 0.25) is 0 Å². The van der Waals surface area contributed by atoms with E-state index in [1.807, 2.05) is 18.5 Å². The predicted octanol–water partition coefficient (Wildman–Crippen LogP) is 4.69. The third-order valence-corrected chi connectivity index (χ3v) is 8.15. The Labute approximate surface area is 213 Å². The van der Waals surface area contributed by atoms with Crippen LogP contribution in [0.5, 0.6) is 5.75 Å². The molecule has 0 amide bonds. The molecule has 1 saturated carbocycles. The fourth-order valence-electron chi connectivity index (χ4n) is 5.92. The number of nitrogens with zero attached hydrogens (tertiary/aromatic N) is 6. The predicted molar refractivity (Wildman–Crippen MR) is 143 cm³/mol. The molecule has 4 aromatic rings. The van der Waals surface area contributed by atoms with Gasteiger partial charge in [-0.05, 0) is 57.0 Å². The number of hydrogen-bond acceptors (Lipinski definition) is 5. The van der Waals surface area contributed by atoms with Crippen LogP contribution in [-0.4, -0.2) is 75.5 Å². The molecule has 0 radical (unpaired) electrons. The normalized spacial score (nSPS) is 21.7. The molecule has 3 heterocycles. The molecule has 6 rings (SSSR count). The topological polar surface area (TPSA) is 51.4 Å². The van der Waals surface area contributed by atoms with Crippen molar-refractivity contribution in [2.75, 3.05) is 40.3 Å². The molecule has 2 aromatic carbocycles. The number of ether oxygens (including phenoxy) is 1. The van der Waals surface area contributed by atoms with Crippen molar-refractivity contribution in [3.63, 3.8) is 0 Å². The van der Waals surface area contributed by atoms with Crippen LogP contribution in [0.15, 0.2) is 61.1 Å². The zero-order valence-electron chi connectivity index (χ0n) is 21.4. The first-order chi connectivity index (χ1) is 17.7. The number of methoxy groups -OCH3 is 1. The number of likely N-dealkylation sites (N-methyl/N-ethyl adjacent to an activating group) is 1. The maximum absolute atomic E-state index is 5.79. The second kappa shape index (κ2) is 10.1. The van der Waals surface area contributed by atoms with E-state index in [1.165, 1.54) is 51.9 Å². The molecule has 1 aliphatic carbocycles. The molecular weight excluding hydrogens is 448 g/mol. The highest BCUT2D eigenvalue weighted by molar-refractivity contribution is 5.75. The number of imidazole rings is 1. The zero-order valence-corrected chi connectivity index (χ0v) is 21.4. The Bertz CT molecular complexity index is 1310. The molecule has 2 aromatic heterocycles. The van der Waals surface area contributed by atoms with Crippen LogP contribution in [0.1, 0.15) is 37.3 Å². The molecule has 7 heteroatoms. The van der Waals surface area contributed by atoms with Crippen molar-refractivity contribution in [2.45, 2.75) is 44.3 Å². The van der Waals surface area contributed by atoms with Crippen LogP contribution < -0.4 is 4.74 Å². The average Bonchev–Trinajstić information content (AvgIpc) is 3.58. The lowest BCUT2D eigenvalue weighted by Gasteiger charge is -2.41. The minimum Gasteiger partial charge on any atom is -0.496 e. The summed E-state index contributed by atoms with van der Waals surface area (Å²) in [6.07, 6.45) is 9.02. The van der Waals surface area contributed by atoms with Gasteiger partial charge in [-0.3, -0.25) is 9.58 Å². The van der Waals surface area contributed by atoms with Crippen molar-refractivity contribution >= 4 is 11.0 Å². The van der Waals surface area contributed by atoms with Crippen LogP contribution in [0.3, 0.4) is 0 Å². The van der Waals surface area contributed by atoms with Gasteiger partial charge in [-0.2, -0.15) is 5.10 Å². The van der Waals surface area contributed by atoms with Crippen molar-refractivity contribution in [1.29, 1.82) is 0 Å². The molecule has 0 atom stereocenters. The summed E-state index contributed by atoms with van der Waals surface area (Å²) in [5.74, 6) is 0.882. The third-order valence-electron chi connectivity index (χ3n) is 8.15. The van der Waals surface area contributed by atoms with Gasteiger partial charge in [0.1, 0.15) is 5.75 Å². The molecule has 7 nitrogen and oxygen atoms in total. The molecule has 0 unspecified atom stereocenters. The van der Waals surface area contributed by atoms with Crippen molar-refractivity contribution in [3.8, 4) is 17.0 Å². The van der Waals surface area contributed by atoms with E-state index in [9.17, 15) is 0 Å². The Morgan fingerprint density at radius 1 is 0.917 bits per heavy atom. The van der Waals surface area contributed by atoms with Crippen molar-refractivity contribution in [2.24, 2.45) is 0 Å². The zero-order chi connectivity index (χ0) is 24.5. The van der Waals surface area contributed by atoms with Gasteiger partial charge in [0.25, 0.3) is 0 Å². The number of para-hydroxylation sites is 2. The Morgan fingerprint density at radius 3 is 2.50 bits per heavy atom. The summed E-state index contributed by atoms with van der Waals surface area (Å²) in [5, 5.41) is 5.00. The van der Waals surface area contributed by atoms with Crippen LogP contribution in [0, 0.1) is 0 Å². The Kier molecular flexibility index (Phi) is 6.50. The van der Waals surface area contributed by atoms with Gasteiger partial charge in [0, 0.05) is 49.5 Å². The third kappa shape index (κ3) is 4.65. The van der Waals surface area contributed by atoms with E-state index in [4.69, 9.17) is 9.84 Å². The first kappa shape index (κ1) is 23.3. The van der Waals surface area contributed by atoms with Gasteiger partial charge in [0.05, 0.1) is 42.8 Å². The van der Waals surface area contributed by atoms with Crippen LogP contribution >= 0.6 is 0 Å². The number of hydrogen-bond donors (Lipinski definition) is 0. The minimum atomic E-state index is 0.498. The number of rotatable bonds is 6. The fourth-order valence-corrected chi connectivity index (χ4v) is 5.92. The summed E-state index contributed by atoms with van der Waals surface area (Å²) < 4.78 is 10.2. The molecule has 2 aliphatic rings. The fraction of sp³-hybridized carbons (Fsp3) is 0.448. The molecule has 1 saturated heterocycles. The highest BCUT2D eigenvalue weighted by Crippen LogP contribution is 2.33. The van der Waals surface area contributed by atoms with Gasteiger partial charge in [-0.25, -0.2) is 4.98 Å². The maximum Gasteiger partial charge on any atom is 0.124 e.